The van der Waals surface area contributed by atoms with Gasteiger partial charge in [0.1, 0.15) is 19.0 Å². The topological polar surface area (TPSA) is 52.6 Å². The van der Waals surface area contributed by atoms with E-state index in [1.807, 2.05) is 31.3 Å². The Morgan fingerprint density at radius 2 is 2.00 bits per heavy atom. The molecule has 110 valence electrons. The van der Waals surface area contributed by atoms with Crippen molar-refractivity contribution < 1.29 is 14.2 Å². The number of methoxy groups -OCH3 is 1. The molecule has 0 saturated heterocycles. The van der Waals surface area contributed by atoms with E-state index < -0.39 is 0 Å². The second kappa shape index (κ2) is 6.01. The van der Waals surface area contributed by atoms with Crippen LogP contribution in [0.4, 0.5) is 0 Å². The van der Waals surface area contributed by atoms with Gasteiger partial charge in [-0.3, -0.25) is 4.98 Å². The van der Waals surface area contributed by atoms with Crippen molar-refractivity contribution in [2.75, 3.05) is 27.4 Å². The van der Waals surface area contributed by atoms with Gasteiger partial charge >= 0.3 is 0 Å². The maximum Gasteiger partial charge on any atom is 0.161 e. The molecule has 1 N–H and O–H groups in total. The Hall–Kier alpha value is -2.27. The van der Waals surface area contributed by atoms with E-state index in [2.05, 4.69) is 10.3 Å². The minimum absolute atomic E-state index is 0.00113. The Bertz CT molecular complexity index is 631. The Morgan fingerprint density at radius 3 is 2.76 bits per heavy atom. The van der Waals surface area contributed by atoms with Crippen LogP contribution in [-0.2, 0) is 0 Å². The first-order chi connectivity index (χ1) is 10.3. The zero-order valence-electron chi connectivity index (χ0n) is 12.1. The molecule has 1 aromatic carbocycles. The van der Waals surface area contributed by atoms with Gasteiger partial charge in [-0.25, -0.2) is 0 Å². The third kappa shape index (κ3) is 2.64. The predicted octanol–water partition coefficient (Wildman–Crippen LogP) is 2.17. The summed E-state index contributed by atoms with van der Waals surface area (Å²) in [7, 11) is 3.57. The van der Waals surface area contributed by atoms with Crippen molar-refractivity contribution in [1.29, 1.82) is 0 Å². The van der Waals surface area contributed by atoms with Gasteiger partial charge in [0.2, 0.25) is 0 Å². The van der Waals surface area contributed by atoms with E-state index in [-0.39, 0.29) is 6.04 Å². The fourth-order valence-corrected chi connectivity index (χ4v) is 2.54. The Morgan fingerprint density at radius 1 is 1.19 bits per heavy atom. The second-order valence-corrected chi connectivity index (χ2v) is 4.74. The maximum atomic E-state index is 5.65. The van der Waals surface area contributed by atoms with E-state index in [0.717, 1.165) is 28.4 Å². The molecule has 5 heteroatoms. The fraction of sp³-hybridized carbons (Fsp3) is 0.312. The van der Waals surface area contributed by atoms with E-state index in [9.17, 15) is 0 Å². The summed E-state index contributed by atoms with van der Waals surface area (Å²) in [5.41, 5.74) is 2.12. The van der Waals surface area contributed by atoms with Crippen LogP contribution in [0.15, 0.2) is 36.7 Å². The van der Waals surface area contributed by atoms with Gasteiger partial charge in [-0.1, -0.05) is 6.07 Å². The van der Waals surface area contributed by atoms with Crippen molar-refractivity contribution in [3.05, 3.63) is 47.8 Å². The maximum absolute atomic E-state index is 5.65. The van der Waals surface area contributed by atoms with Crippen molar-refractivity contribution in [2.24, 2.45) is 0 Å². The molecule has 21 heavy (non-hydrogen) atoms. The van der Waals surface area contributed by atoms with Gasteiger partial charge in [-0.2, -0.15) is 0 Å². The minimum Gasteiger partial charge on any atom is -0.495 e. The summed E-state index contributed by atoms with van der Waals surface area (Å²) >= 11 is 0. The molecule has 2 aromatic rings. The third-order valence-electron chi connectivity index (χ3n) is 3.54. The van der Waals surface area contributed by atoms with E-state index in [0.29, 0.717) is 13.2 Å². The summed E-state index contributed by atoms with van der Waals surface area (Å²) in [6.45, 7) is 1.18. The summed E-state index contributed by atoms with van der Waals surface area (Å²) in [6, 6.07) is 7.95. The number of nitrogens with zero attached hydrogens (tertiary/aromatic N) is 1. The molecule has 0 amide bonds. The van der Waals surface area contributed by atoms with Crippen molar-refractivity contribution in [3.63, 3.8) is 0 Å². The second-order valence-electron chi connectivity index (χ2n) is 4.74. The average Bonchev–Trinajstić information content (AvgIpc) is 2.56. The van der Waals surface area contributed by atoms with Crippen LogP contribution in [0.25, 0.3) is 0 Å². The predicted molar refractivity (Wildman–Crippen MR) is 79.1 cm³/mol. The van der Waals surface area contributed by atoms with Crippen molar-refractivity contribution in [2.45, 2.75) is 6.04 Å². The van der Waals surface area contributed by atoms with Crippen LogP contribution < -0.4 is 19.5 Å². The monoisotopic (exact) mass is 286 g/mol. The van der Waals surface area contributed by atoms with Crippen LogP contribution in [0, 0.1) is 0 Å². The number of benzene rings is 1. The lowest BCUT2D eigenvalue weighted by Gasteiger charge is -2.23. The van der Waals surface area contributed by atoms with Gasteiger partial charge in [-0.15, -0.1) is 0 Å². The van der Waals surface area contributed by atoms with E-state index in [1.165, 1.54) is 0 Å². The van der Waals surface area contributed by atoms with Gasteiger partial charge in [0.25, 0.3) is 0 Å². The van der Waals surface area contributed by atoms with Crippen molar-refractivity contribution in [1.82, 2.24) is 10.3 Å². The summed E-state index contributed by atoms with van der Waals surface area (Å²) in [5.74, 6) is 2.33. The number of rotatable bonds is 4. The molecule has 0 spiro atoms. The Balaban J connectivity index is 2.00. The standard InChI is InChI=1S/C16H18N2O3/c1-17-16(12-5-6-18-10-15(12)19-2)11-3-4-13-14(9-11)21-8-7-20-13/h3-6,9-10,16-17H,7-8H2,1-2H3. The molecular formula is C16H18N2O3. The molecule has 0 radical (unpaired) electrons. The molecule has 0 saturated carbocycles. The lowest BCUT2D eigenvalue weighted by molar-refractivity contribution is 0.171. The highest BCUT2D eigenvalue weighted by atomic mass is 16.6. The smallest absolute Gasteiger partial charge is 0.161 e. The van der Waals surface area contributed by atoms with Crippen LogP contribution in [0.3, 0.4) is 0 Å². The number of aromatic nitrogens is 1. The van der Waals surface area contributed by atoms with E-state index in [1.54, 1.807) is 19.5 Å². The highest BCUT2D eigenvalue weighted by Gasteiger charge is 2.19. The van der Waals surface area contributed by atoms with E-state index in [4.69, 9.17) is 14.2 Å². The molecule has 0 fully saturated rings. The number of pyridine rings is 1. The highest BCUT2D eigenvalue weighted by molar-refractivity contribution is 5.48. The van der Waals surface area contributed by atoms with Crippen molar-refractivity contribution >= 4 is 0 Å². The number of ether oxygens (including phenoxy) is 3. The first-order valence-electron chi connectivity index (χ1n) is 6.88. The van der Waals surface area contributed by atoms with Crippen LogP contribution >= 0.6 is 0 Å². The van der Waals surface area contributed by atoms with Crippen LogP contribution in [0.2, 0.25) is 0 Å². The number of hydrogen-bond donors (Lipinski definition) is 1. The molecule has 0 bridgehead atoms. The lowest BCUT2D eigenvalue weighted by Crippen LogP contribution is -2.20. The van der Waals surface area contributed by atoms with Gasteiger partial charge in [0.15, 0.2) is 11.5 Å². The van der Waals surface area contributed by atoms with Gasteiger partial charge in [0, 0.05) is 11.8 Å². The van der Waals surface area contributed by atoms with Crippen molar-refractivity contribution in [3.8, 4) is 17.2 Å². The quantitative estimate of drug-likeness (QED) is 0.933. The molecule has 1 aliphatic rings. The molecule has 5 nitrogen and oxygen atoms in total. The Labute approximate surface area is 123 Å². The summed E-state index contributed by atoms with van der Waals surface area (Å²) in [6.07, 6.45) is 3.48. The normalized spacial score (nSPS) is 14.6. The molecule has 1 unspecified atom stereocenters. The molecule has 1 aromatic heterocycles. The first-order valence-corrected chi connectivity index (χ1v) is 6.88. The average molecular weight is 286 g/mol. The SMILES string of the molecule is CNC(c1ccc2c(c1)OCCO2)c1ccncc1OC. The van der Waals surface area contributed by atoms with Crippen LogP contribution in [-0.4, -0.2) is 32.4 Å². The number of nitrogens with one attached hydrogen (secondary N) is 1. The van der Waals surface area contributed by atoms with Gasteiger partial charge in [-0.05, 0) is 30.8 Å². The fourth-order valence-electron chi connectivity index (χ4n) is 2.54. The first kappa shape index (κ1) is 13.7. The van der Waals surface area contributed by atoms with Gasteiger partial charge < -0.3 is 19.5 Å². The molecule has 1 aliphatic heterocycles. The molecule has 1 atom stereocenters. The molecular weight excluding hydrogens is 268 g/mol. The van der Waals surface area contributed by atoms with E-state index >= 15 is 0 Å². The zero-order valence-corrected chi connectivity index (χ0v) is 12.1. The van der Waals surface area contributed by atoms with Crippen LogP contribution in [0.5, 0.6) is 17.2 Å². The summed E-state index contributed by atoms with van der Waals surface area (Å²) in [5, 5.41) is 3.31. The van der Waals surface area contributed by atoms with Crippen LogP contribution in [0.1, 0.15) is 17.2 Å². The Kier molecular flexibility index (Phi) is 3.92. The summed E-state index contributed by atoms with van der Waals surface area (Å²) in [4.78, 5) is 4.10. The molecule has 3 rings (SSSR count). The molecule has 0 aliphatic carbocycles. The number of hydrogen-bond acceptors (Lipinski definition) is 5. The third-order valence-corrected chi connectivity index (χ3v) is 3.54. The largest absolute Gasteiger partial charge is 0.495 e. The summed E-state index contributed by atoms with van der Waals surface area (Å²) < 4.78 is 16.6. The minimum atomic E-state index is -0.00113. The molecule has 2 heterocycles. The highest BCUT2D eigenvalue weighted by Crippen LogP contribution is 2.36. The lowest BCUT2D eigenvalue weighted by atomic mass is 9.98. The number of fused-ring (bicyclic) bond motifs is 1. The zero-order chi connectivity index (χ0) is 14.7. The van der Waals surface area contributed by atoms with Gasteiger partial charge in [0.05, 0.1) is 19.3 Å².